The molecule has 0 radical (unpaired) electrons. The first-order chi connectivity index (χ1) is 14.8. The summed E-state index contributed by atoms with van der Waals surface area (Å²) in [4.78, 5) is 7.20. The number of guanidine groups is 1. The molecule has 176 valence electrons. The molecule has 3 rings (SSSR count). The largest absolute Gasteiger partial charge is 0.357 e. The highest BCUT2D eigenvalue weighted by atomic mass is 127. The first-order valence-corrected chi connectivity index (χ1v) is 12.6. The molecule has 0 aliphatic carbocycles. The van der Waals surface area contributed by atoms with Gasteiger partial charge in [-0.15, -0.1) is 24.0 Å². The van der Waals surface area contributed by atoms with E-state index < -0.39 is 10.0 Å². The maximum Gasteiger partial charge on any atom is 0.229 e. The fourth-order valence-corrected chi connectivity index (χ4v) is 4.47. The van der Waals surface area contributed by atoms with Crippen LogP contribution in [0.4, 0.5) is 5.69 Å². The molecule has 2 unspecified atom stereocenters. The summed E-state index contributed by atoms with van der Waals surface area (Å²) in [5.74, 6) is 0.746. The van der Waals surface area contributed by atoms with Crippen LogP contribution in [-0.4, -0.2) is 50.7 Å². The zero-order valence-corrected chi connectivity index (χ0v) is 22.1. The third-order valence-electron chi connectivity index (χ3n) is 5.34. The summed E-state index contributed by atoms with van der Waals surface area (Å²) in [6.07, 6.45) is 2.20. The third kappa shape index (κ3) is 8.25. The SMILES string of the molecule is CCNC(=NCc1ccccc1NS(C)(=O)=O)NC1CC(C)N(Cc2ccccc2)C1.I. The molecule has 1 saturated heterocycles. The van der Waals surface area contributed by atoms with Gasteiger partial charge in [0.25, 0.3) is 0 Å². The van der Waals surface area contributed by atoms with Crippen molar-refractivity contribution < 1.29 is 8.42 Å². The number of nitrogens with zero attached hydrogens (tertiary/aromatic N) is 2. The molecule has 7 nitrogen and oxygen atoms in total. The third-order valence-corrected chi connectivity index (χ3v) is 5.93. The number of halogens is 1. The molecule has 1 fully saturated rings. The van der Waals surface area contributed by atoms with Crippen LogP contribution >= 0.6 is 24.0 Å². The molecule has 32 heavy (non-hydrogen) atoms. The lowest BCUT2D eigenvalue weighted by atomic mass is 10.2. The standard InChI is InChI=1S/C23H33N5O2S.HI/c1-4-24-23(25-15-20-12-8-9-13-22(20)27-31(3,29)30)26-21-14-18(2)28(17-21)16-19-10-6-5-7-11-19;/h5-13,18,21,27H,4,14-17H2,1-3H3,(H2,24,25,26);1H. The fourth-order valence-electron chi connectivity index (χ4n) is 3.88. The molecule has 2 aromatic carbocycles. The summed E-state index contributed by atoms with van der Waals surface area (Å²) in [5, 5.41) is 6.87. The molecule has 0 amide bonds. The molecule has 0 aromatic heterocycles. The number of likely N-dealkylation sites (tertiary alicyclic amines) is 1. The lowest BCUT2D eigenvalue weighted by Gasteiger charge is -2.21. The summed E-state index contributed by atoms with van der Waals surface area (Å²) >= 11 is 0. The van der Waals surface area contributed by atoms with E-state index >= 15 is 0 Å². The average molecular weight is 572 g/mol. The second-order valence-corrected chi connectivity index (χ2v) is 9.82. The molecule has 1 heterocycles. The number of para-hydroxylation sites is 1. The zero-order valence-electron chi connectivity index (χ0n) is 18.9. The molecule has 0 bridgehead atoms. The normalized spacial score (nSPS) is 19.3. The predicted octanol–water partition coefficient (Wildman–Crippen LogP) is 3.39. The maximum atomic E-state index is 11.6. The summed E-state index contributed by atoms with van der Waals surface area (Å²) in [5.41, 5.74) is 2.72. The Hall–Kier alpha value is -1.85. The quantitative estimate of drug-likeness (QED) is 0.257. The van der Waals surface area contributed by atoms with E-state index in [9.17, 15) is 8.42 Å². The molecular weight excluding hydrogens is 537 g/mol. The number of aliphatic imine (C=N–C) groups is 1. The van der Waals surface area contributed by atoms with Crippen LogP contribution < -0.4 is 15.4 Å². The van der Waals surface area contributed by atoms with E-state index in [1.165, 1.54) is 5.56 Å². The summed E-state index contributed by atoms with van der Waals surface area (Å²) < 4.78 is 25.8. The topological polar surface area (TPSA) is 85.8 Å². The Kier molecular flexibility index (Phi) is 10.2. The van der Waals surface area contributed by atoms with Gasteiger partial charge in [-0.05, 0) is 37.5 Å². The maximum absolute atomic E-state index is 11.6. The summed E-state index contributed by atoms with van der Waals surface area (Å²) in [6, 6.07) is 18.7. The van der Waals surface area contributed by atoms with Gasteiger partial charge < -0.3 is 10.6 Å². The number of sulfonamides is 1. The van der Waals surface area contributed by atoms with Crippen LogP contribution in [0.5, 0.6) is 0 Å². The monoisotopic (exact) mass is 571 g/mol. The molecule has 1 aliphatic rings. The molecule has 2 atom stereocenters. The van der Waals surface area contributed by atoms with Crippen LogP contribution in [0.1, 0.15) is 31.4 Å². The van der Waals surface area contributed by atoms with E-state index in [1.807, 2.05) is 31.2 Å². The Labute approximate surface area is 209 Å². The van der Waals surface area contributed by atoms with E-state index in [2.05, 4.69) is 51.4 Å². The number of benzene rings is 2. The molecule has 0 spiro atoms. The number of hydrogen-bond donors (Lipinski definition) is 3. The number of nitrogens with one attached hydrogen (secondary N) is 3. The average Bonchev–Trinajstić information content (AvgIpc) is 3.05. The van der Waals surface area contributed by atoms with Crippen molar-refractivity contribution >= 4 is 45.6 Å². The summed E-state index contributed by atoms with van der Waals surface area (Å²) in [7, 11) is -3.34. The van der Waals surface area contributed by atoms with Crippen molar-refractivity contribution in [2.75, 3.05) is 24.1 Å². The Morgan fingerprint density at radius 3 is 2.50 bits per heavy atom. The van der Waals surface area contributed by atoms with Gasteiger partial charge in [0, 0.05) is 31.7 Å². The van der Waals surface area contributed by atoms with E-state index in [1.54, 1.807) is 6.07 Å². The Bertz CT molecular complexity index is 985. The number of rotatable bonds is 8. The fraction of sp³-hybridized carbons (Fsp3) is 0.435. The van der Waals surface area contributed by atoms with Gasteiger partial charge in [0.2, 0.25) is 10.0 Å². The zero-order chi connectivity index (χ0) is 22.3. The van der Waals surface area contributed by atoms with Gasteiger partial charge in [-0.25, -0.2) is 13.4 Å². The number of anilines is 1. The molecule has 2 aromatic rings. The van der Waals surface area contributed by atoms with Gasteiger partial charge in [0.15, 0.2) is 5.96 Å². The second kappa shape index (κ2) is 12.4. The van der Waals surface area contributed by atoms with Gasteiger partial charge >= 0.3 is 0 Å². The van der Waals surface area contributed by atoms with Crippen LogP contribution in [0, 0.1) is 0 Å². The minimum Gasteiger partial charge on any atom is -0.357 e. The van der Waals surface area contributed by atoms with Gasteiger partial charge in [-0.2, -0.15) is 0 Å². The minimum atomic E-state index is -3.34. The van der Waals surface area contributed by atoms with Crippen LogP contribution in [0.15, 0.2) is 59.6 Å². The van der Waals surface area contributed by atoms with Crippen molar-refractivity contribution in [3.8, 4) is 0 Å². The highest BCUT2D eigenvalue weighted by Gasteiger charge is 2.29. The molecule has 0 saturated carbocycles. The lowest BCUT2D eigenvalue weighted by Crippen LogP contribution is -2.44. The highest BCUT2D eigenvalue weighted by Crippen LogP contribution is 2.21. The first kappa shape index (κ1) is 26.4. The summed E-state index contributed by atoms with van der Waals surface area (Å²) in [6.45, 7) is 7.33. The van der Waals surface area contributed by atoms with Crippen LogP contribution in [0.2, 0.25) is 0 Å². The minimum absolute atomic E-state index is 0. The Balaban J connectivity index is 0.00000363. The molecule has 3 N–H and O–H groups in total. The number of hydrogen-bond acceptors (Lipinski definition) is 4. The van der Waals surface area contributed by atoms with Crippen molar-refractivity contribution in [3.63, 3.8) is 0 Å². The van der Waals surface area contributed by atoms with Crippen molar-refractivity contribution in [3.05, 3.63) is 65.7 Å². The van der Waals surface area contributed by atoms with Gasteiger partial charge in [-0.3, -0.25) is 9.62 Å². The van der Waals surface area contributed by atoms with Crippen molar-refractivity contribution in [2.45, 2.75) is 45.4 Å². The first-order valence-electron chi connectivity index (χ1n) is 10.7. The molecule has 9 heteroatoms. The molecule has 1 aliphatic heterocycles. The predicted molar refractivity (Wildman–Crippen MR) is 143 cm³/mol. The lowest BCUT2D eigenvalue weighted by molar-refractivity contribution is 0.258. The van der Waals surface area contributed by atoms with Gasteiger partial charge in [-0.1, -0.05) is 48.5 Å². The van der Waals surface area contributed by atoms with Crippen LogP contribution in [-0.2, 0) is 23.1 Å². The van der Waals surface area contributed by atoms with E-state index in [0.717, 1.165) is 43.8 Å². The highest BCUT2D eigenvalue weighted by molar-refractivity contribution is 14.0. The van der Waals surface area contributed by atoms with Crippen LogP contribution in [0.3, 0.4) is 0 Å². The van der Waals surface area contributed by atoms with Crippen molar-refractivity contribution in [1.82, 2.24) is 15.5 Å². The smallest absolute Gasteiger partial charge is 0.229 e. The van der Waals surface area contributed by atoms with Gasteiger partial charge in [0.1, 0.15) is 0 Å². The van der Waals surface area contributed by atoms with Crippen molar-refractivity contribution in [1.29, 1.82) is 0 Å². The Morgan fingerprint density at radius 2 is 1.81 bits per heavy atom. The van der Waals surface area contributed by atoms with Gasteiger partial charge in [0.05, 0.1) is 18.5 Å². The van der Waals surface area contributed by atoms with Crippen molar-refractivity contribution in [2.24, 2.45) is 4.99 Å². The van der Waals surface area contributed by atoms with E-state index in [0.29, 0.717) is 24.3 Å². The molecular formula is C23H34IN5O2S. The van der Waals surface area contributed by atoms with E-state index in [-0.39, 0.29) is 24.0 Å². The van der Waals surface area contributed by atoms with Crippen LogP contribution in [0.25, 0.3) is 0 Å². The Morgan fingerprint density at radius 1 is 1.12 bits per heavy atom. The van der Waals surface area contributed by atoms with E-state index in [4.69, 9.17) is 4.99 Å². The second-order valence-electron chi connectivity index (χ2n) is 8.07.